The van der Waals surface area contributed by atoms with Gasteiger partial charge >= 0.3 is 0 Å². The topological polar surface area (TPSA) is 71.1 Å². The molecular weight excluding hydrogens is 434 g/mol. The van der Waals surface area contributed by atoms with E-state index in [2.05, 4.69) is 15.6 Å². The Hall–Kier alpha value is -3.70. The van der Waals surface area contributed by atoms with Gasteiger partial charge < -0.3 is 10.6 Å². The molecule has 0 saturated heterocycles. The molecule has 1 fully saturated rings. The number of pyridine rings is 1. The molecule has 1 aliphatic rings. The van der Waals surface area contributed by atoms with Gasteiger partial charge in [0.15, 0.2) is 0 Å². The molecule has 1 aliphatic carbocycles. The van der Waals surface area contributed by atoms with Crippen molar-refractivity contribution in [2.45, 2.75) is 18.9 Å². The number of hydrogen-bond acceptors (Lipinski definition) is 3. The smallest absolute Gasteiger partial charge is 0.251 e. The van der Waals surface area contributed by atoms with Crippen LogP contribution in [0.25, 0.3) is 10.8 Å². The Balaban J connectivity index is 1.22. The van der Waals surface area contributed by atoms with Crippen LogP contribution >= 0.6 is 11.6 Å². The van der Waals surface area contributed by atoms with Crippen molar-refractivity contribution in [2.75, 3.05) is 5.32 Å². The van der Waals surface area contributed by atoms with Gasteiger partial charge in [-0.05, 0) is 47.7 Å². The molecule has 0 bridgehead atoms. The largest absolute Gasteiger partial charge is 0.348 e. The number of aromatic nitrogens is 1. The second-order valence-corrected chi connectivity index (χ2v) is 8.70. The maximum absolute atomic E-state index is 12.8. The molecule has 0 aliphatic heterocycles. The number of carbonyl (C=O) groups is 2. The van der Waals surface area contributed by atoms with Crippen LogP contribution in [-0.2, 0) is 11.3 Å². The third-order valence-electron chi connectivity index (χ3n) is 5.98. The van der Waals surface area contributed by atoms with Crippen LogP contribution in [0.2, 0.25) is 5.02 Å². The summed E-state index contributed by atoms with van der Waals surface area (Å²) in [5.41, 5.74) is 3.37. The number of anilines is 1. The van der Waals surface area contributed by atoms with E-state index in [0.29, 0.717) is 22.8 Å². The van der Waals surface area contributed by atoms with Gasteiger partial charge in [-0.1, -0.05) is 60.1 Å². The van der Waals surface area contributed by atoms with Crippen LogP contribution in [0, 0.1) is 5.92 Å². The maximum atomic E-state index is 12.8. The normalized spacial score (nSPS) is 16.9. The molecule has 0 radical (unpaired) electrons. The lowest BCUT2D eigenvalue weighted by molar-refractivity contribution is -0.117. The summed E-state index contributed by atoms with van der Waals surface area (Å²) in [7, 11) is 0. The van der Waals surface area contributed by atoms with Crippen LogP contribution in [-0.4, -0.2) is 16.8 Å². The van der Waals surface area contributed by atoms with Gasteiger partial charge in [0, 0.05) is 46.9 Å². The molecule has 1 saturated carbocycles. The minimum Gasteiger partial charge on any atom is -0.348 e. The van der Waals surface area contributed by atoms with Crippen molar-refractivity contribution in [3.05, 3.63) is 107 Å². The second kappa shape index (κ2) is 9.04. The van der Waals surface area contributed by atoms with Gasteiger partial charge in [-0.15, -0.1) is 0 Å². The maximum Gasteiger partial charge on any atom is 0.251 e. The Labute approximate surface area is 196 Å². The molecule has 164 valence electrons. The lowest BCUT2D eigenvalue weighted by Crippen LogP contribution is -2.22. The number of benzene rings is 3. The van der Waals surface area contributed by atoms with Crippen LogP contribution in [0.5, 0.6) is 0 Å². The van der Waals surface area contributed by atoms with Gasteiger partial charge in [0.05, 0.1) is 5.02 Å². The quantitative estimate of drug-likeness (QED) is 0.400. The highest BCUT2D eigenvalue weighted by Gasteiger charge is 2.44. The van der Waals surface area contributed by atoms with Crippen molar-refractivity contribution in [2.24, 2.45) is 5.92 Å². The molecule has 5 nitrogen and oxygen atoms in total. The first-order valence-electron chi connectivity index (χ1n) is 10.8. The number of carbonyl (C=O) groups excluding carboxylic acids is 2. The summed E-state index contributed by atoms with van der Waals surface area (Å²) in [6.45, 7) is 0.476. The summed E-state index contributed by atoms with van der Waals surface area (Å²) >= 11 is 6.23. The fourth-order valence-electron chi connectivity index (χ4n) is 4.08. The first-order valence-corrected chi connectivity index (χ1v) is 11.2. The van der Waals surface area contributed by atoms with E-state index in [-0.39, 0.29) is 23.7 Å². The highest BCUT2D eigenvalue weighted by Crippen LogP contribution is 2.48. The first kappa shape index (κ1) is 21.2. The Kier molecular flexibility index (Phi) is 5.80. The highest BCUT2D eigenvalue weighted by atomic mass is 35.5. The summed E-state index contributed by atoms with van der Waals surface area (Å²) in [4.78, 5) is 29.5. The zero-order valence-corrected chi connectivity index (χ0v) is 18.5. The van der Waals surface area contributed by atoms with Crippen LogP contribution in [0.1, 0.15) is 33.8 Å². The number of nitrogens with one attached hydrogen (secondary N) is 2. The number of hydrogen-bond donors (Lipinski definition) is 2. The van der Waals surface area contributed by atoms with Crippen molar-refractivity contribution >= 4 is 39.9 Å². The van der Waals surface area contributed by atoms with E-state index in [4.69, 9.17) is 11.6 Å². The van der Waals surface area contributed by atoms with Gasteiger partial charge in [-0.3, -0.25) is 14.6 Å². The van der Waals surface area contributed by atoms with Gasteiger partial charge in [0.25, 0.3) is 5.91 Å². The molecule has 33 heavy (non-hydrogen) atoms. The fraction of sp³-hybridized carbons (Fsp3) is 0.148. The third kappa shape index (κ3) is 4.73. The van der Waals surface area contributed by atoms with Crippen molar-refractivity contribution < 1.29 is 9.59 Å². The minimum absolute atomic E-state index is 0.0246. The molecule has 5 rings (SSSR count). The lowest BCUT2D eigenvalue weighted by atomic mass is 10.0. The number of fused-ring (bicyclic) bond motifs is 1. The minimum atomic E-state index is -0.120. The van der Waals surface area contributed by atoms with Gasteiger partial charge in [0.2, 0.25) is 5.91 Å². The molecular formula is C27H22ClN3O2. The van der Waals surface area contributed by atoms with E-state index in [0.717, 1.165) is 28.3 Å². The molecule has 6 heteroatoms. The second-order valence-electron chi connectivity index (χ2n) is 8.29. The number of amides is 2. The molecule has 1 aromatic heterocycles. The predicted molar refractivity (Wildman–Crippen MR) is 130 cm³/mol. The van der Waals surface area contributed by atoms with Crippen LogP contribution in [0.15, 0.2) is 85.2 Å². The van der Waals surface area contributed by atoms with Crippen molar-refractivity contribution in [3.63, 3.8) is 0 Å². The van der Waals surface area contributed by atoms with Crippen molar-refractivity contribution in [3.8, 4) is 0 Å². The number of halogens is 1. The Bertz CT molecular complexity index is 1340. The van der Waals surface area contributed by atoms with E-state index in [1.54, 1.807) is 18.5 Å². The zero-order chi connectivity index (χ0) is 22.8. The molecule has 4 aromatic rings. The third-order valence-corrected chi connectivity index (χ3v) is 6.28. The Morgan fingerprint density at radius 1 is 0.970 bits per heavy atom. The zero-order valence-electron chi connectivity index (χ0n) is 17.8. The van der Waals surface area contributed by atoms with Gasteiger partial charge in [0.1, 0.15) is 0 Å². The molecule has 2 N–H and O–H groups in total. The summed E-state index contributed by atoms with van der Waals surface area (Å²) in [5, 5.41) is 8.28. The van der Waals surface area contributed by atoms with E-state index in [9.17, 15) is 9.59 Å². The monoisotopic (exact) mass is 455 g/mol. The Morgan fingerprint density at radius 3 is 2.67 bits per heavy atom. The molecule has 2 amide bonds. The molecule has 1 heterocycles. The molecule has 0 spiro atoms. The number of nitrogens with zero attached hydrogens (tertiary/aromatic N) is 1. The summed E-state index contributed by atoms with van der Waals surface area (Å²) in [6, 6.07) is 23.0. The highest BCUT2D eigenvalue weighted by molar-refractivity contribution is 6.35. The lowest BCUT2D eigenvalue weighted by Gasteiger charge is -2.09. The Morgan fingerprint density at radius 2 is 1.82 bits per heavy atom. The average Bonchev–Trinajstić information content (AvgIpc) is 3.65. The molecule has 3 aromatic carbocycles. The summed E-state index contributed by atoms with van der Waals surface area (Å²) in [5.74, 6) is -0.148. The van der Waals surface area contributed by atoms with Crippen LogP contribution in [0.4, 0.5) is 5.69 Å². The average molecular weight is 456 g/mol. The molecule has 0 unspecified atom stereocenters. The summed E-state index contributed by atoms with van der Waals surface area (Å²) in [6.07, 6.45) is 4.10. The van der Waals surface area contributed by atoms with E-state index < -0.39 is 0 Å². The SMILES string of the molecule is O=C(NCc1ccccc1)c1cccc([C@@H]2C[C@H]2C(=O)Nc2ccc3cncc(Cl)c3c2)c1. The molecule has 2 atom stereocenters. The first-order chi connectivity index (χ1) is 16.1. The van der Waals surface area contributed by atoms with Gasteiger partial charge in [-0.2, -0.15) is 0 Å². The van der Waals surface area contributed by atoms with Crippen LogP contribution in [0.3, 0.4) is 0 Å². The predicted octanol–water partition coefficient (Wildman–Crippen LogP) is 5.56. The van der Waals surface area contributed by atoms with Gasteiger partial charge in [-0.25, -0.2) is 0 Å². The number of rotatable bonds is 6. The van der Waals surface area contributed by atoms with E-state index in [1.165, 1.54) is 0 Å². The summed E-state index contributed by atoms with van der Waals surface area (Å²) < 4.78 is 0. The fourth-order valence-corrected chi connectivity index (χ4v) is 4.30. The standard InChI is InChI=1S/C27H22ClN3O2/c28-25-16-29-15-20-9-10-21(12-23(20)25)31-27(33)24-13-22(24)18-7-4-8-19(11-18)26(32)30-14-17-5-2-1-3-6-17/h1-12,15-16,22,24H,13-14H2,(H,30,32)(H,31,33)/t22-,24+/m0/s1. The van der Waals surface area contributed by atoms with Crippen LogP contribution < -0.4 is 10.6 Å². The van der Waals surface area contributed by atoms with Crippen molar-refractivity contribution in [1.82, 2.24) is 10.3 Å². The van der Waals surface area contributed by atoms with Crippen molar-refractivity contribution in [1.29, 1.82) is 0 Å². The van der Waals surface area contributed by atoms with E-state index in [1.807, 2.05) is 66.7 Å². The van der Waals surface area contributed by atoms with E-state index >= 15 is 0 Å².